The summed E-state index contributed by atoms with van der Waals surface area (Å²) in [7, 11) is -1.98. The molecule has 0 bridgehead atoms. The summed E-state index contributed by atoms with van der Waals surface area (Å²) in [6.07, 6.45) is 4.26. The molecule has 0 aliphatic rings. The summed E-state index contributed by atoms with van der Waals surface area (Å²) in [6.45, 7) is 5.23. The lowest BCUT2D eigenvalue weighted by Gasteiger charge is -2.19. The maximum atomic E-state index is 12.8. The molecule has 126 valence electrons. The third kappa shape index (κ3) is 4.33. The van der Waals surface area contributed by atoms with Crippen LogP contribution in [0.15, 0.2) is 41.6 Å². The highest BCUT2D eigenvalue weighted by molar-refractivity contribution is 7.89. The van der Waals surface area contributed by atoms with Crippen LogP contribution in [-0.4, -0.2) is 42.7 Å². The van der Waals surface area contributed by atoms with Gasteiger partial charge in [0.05, 0.1) is 6.61 Å². The van der Waals surface area contributed by atoms with Crippen LogP contribution in [0, 0.1) is 6.92 Å². The molecule has 0 aliphatic heterocycles. The highest BCUT2D eigenvalue weighted by Gasteiger charge is 2.24. The number of ether oxygens (including phenoxy) is 1. The zero-order valence-corrected chi connectivity index (χ0v) is 14.6. The van der Waals surface area contributed by atoms with Gasteiger partial charge in [0.25, 0.3) is 0 Å². The molecule has 2 rings (SSSR count). The van der Waals surface area contributed by atoms with Crippen LogP contribution in [0.2, 0.25) is 0 Å². The van der Waals surface area contributed by atoms with Crippen LogP contribution in [-0.2, 0) is 16.6 Å². The van der Waals surface area contributed by atoms with Gasteiger partial charge < -0.3 is 4.74 Å². The Kier molecular flexibility index (Phi) is 5.79. The van der Waals surface area contributed by atoms with E-state index in [4.69, 9.17) is 4.74 Å². The van der Waals surface area contributed by atoms with Crippen LogP contribution in [0.5, 0.6) is 5.75 Å². The molecule has 0 atom stereocenters. The number of sulfonamides is 1. The van der Waals surface area contributed by atoms with E-state index in [1.807, 2.05) is 32.2 Å². The quantitative estimate of drug-likeness (QED) is 0.741. The number of rotatable bonds is 8. The van der Waals surface area contributed by atoms with Crippen LogP contribution >= 0.6 is 0 Å². The molecule has 0 fully saturated rings. The molecule has 0 radical (unpaired) electrons. The van der Waals surface area contributed by atoms with Gasteiger partial charge in [-0.1, -0.05) is 6.07 Å². The smallest absolute Gasteiger partial charge is 0.246 e. The Morgan fingerprint density at radius 1 is 1.35 bits per heavy atom. The van der Waals surface area contributed by atoms with E-state index in [2.05, 4.69) is 5.10 Å². The van der Waals surface area contributed by atoms with Gasteiger partial charge in [0, 0.05) is 32.5 Å². The minimum Gasteiger partial charge on any atom is -0.492 e. The van der Waals surface area contributed by atoms with Gasteiger partial charge in [0.1, 0.15) is 10.6 Å². The van der Waals surface area contributed by atoms with E-state index >= 15 is 0 Å². The fourth-order valence-corrected chi connectivity index (χ4v) is 3.69. The Labute approximate surface area is 137 Å². The first-order valence-corrected chi connectivity index (χ1v) is 9.06. The van der Waals surface area contributed by atoms with Crippen molar-refractivity contribution in [3.05, 3.63) is 42.2 Å². The fraction of sp³-hybridized carbons (Fsp3) is 0.438. The molecule has 0 saturated carbocycles. The van der Waals surface area contributed by atoms with Crippen LogP contribution < -0.4 is 4.74 Å². The molecular weight excluding hydrogens is 314 g/mol. The van der Waals surface area contributed by atoms with E-state index in [1.165, 1.54) is 4.31 Å². The van der Waals surface area contributed by atoms with E-state index in [1.54, 1.807) is 30.1 Å². The SMILES string of the molecule is CCOc1ccc(C)cc1S(=O)(=O)N(C)CCCn1cccn1. The molecule has 1 heterocycles. The Bertz CT molecular complexity index is 727. The van der Waals surface area contributed by atoms with Gasteiger partial charge in [-0.15, -0.1) is 0 Å². The molecule has 0 N–H and O–H groups in total. The Morgan fingerprint density at radius 2 is 2.13 bits per heavy atom. The summed E-state index contributed by atoms with van der Waals surface area (Å²) in [4.78, 5) is 0.223. The second-order valence-corrected chi connectivity index (χ2v) is 7.35. The lowest BCUT2D eigenvalue weighted by Crippen LogP contribution is -2.29. The highest BCUT2D eigenvalue weighted by atomic mass is 32.2. The van der Waals surface area contributed by atoms with E-state index in [-0.39, 0.29) is 4.90 Å². The number of hydrogen-bond donors (Lipinski definition) is 0. The van der Waals surface area contributed by atoms with Gasteiger partial charge in [-0.25, -0.2) is 12.7 Å². The second-order valence-electron chi connectivity index (χ2n) is 5.33. The molecule has 0 saturated heterocycles. The lowest BCUT2D eigenvalue weighted by atomic mass is 10.2. The molecule has 0 amide bonds. The minimum absolute atomic E-state index is 0.223. The van der Waals surface area contributed by atoms with E-state index < -0.39 is 10.0 Å². The predicted octanol–water partition coefficient (Wildman–Crippen LogP) is 2.30. The van der Waals surface area contributed by atoms with Crippen molar-refractivity contribution in [3.8, 4) is 5.75 Å². The van der Waals surface area contributed by atoms with Crippen molar-refractivity contribution >= 4 is 10.0 Å². The first kappa shape index (κ1) is 17.5. The predicted molar refractivity (Wildman–Crippen MR) is 89.0 cm³/mol. The Hall–Kier alpha value is -1.86. The average Bonchev–Trinajstić information content (AvgIpc) is 3.02. The molecule has 0 aliphatic carbocycles. The third-order valence-corrected chi connectivity index (χ3v) is 5.38. The average molecular weight is 337 g/mol. The second kappa shape index (κ2) is 7.61. The molecule has 1 aromatic heterocycles. The third-order valence-electron chi connectivity index (χ3n) is 3.51. The van der Waals surface area contributed by atoms with Crippen molar-refractivity contribution in [2.45, 2.75) is 31.7 Å². The summed E-state index contributed by atoms with van der Waals surface area (Å²) in [6, 6.07) is 7.07. The van der Waals surface area contributed by atoms with Crippen molar-refractivity contribution < 1.29 is 13.2 Å². The van der Waals surface area contributed by atoms with Crippen molar-refractivity contribution in [1.29, 1.82) is 0 Å². The van der Waals surface area contributed by atoms with Gasteiger partial charge in [-0.2, -0.15) is 5.10 Å². The van der Waals surface area contributed by atoms with E-state index in [9.17, 15) is 8.42 Å². The van der Waals surface area contributed by atoms with Crippen molar-refractivity contribution in [3.63, 3.8) is 0 Å². The van der Waals surface area contributed by atoms with Crippen LogP contribution in [0.4, 0.5) is 0 Å². The summed E-state index contributed by atoms with van der Waals surface area (Å²) < 4.78 is 34.2. The first-order chi connectivity index (χ1) is 10.9. The number of hydrogen-bond acceptors (Lipinski definition) is 4. The Balaban J connectivity index is 2.11. The lowest BCUT2D eigenvalue weighted by molar-refractivity contribution is 0.329. The number of benzene rings is 1. The van der Waals surface area contributed by atoms with Crippen LogP contribution in [0.3, 0.4) is 0 Å². The minimum atomic E-state index is -3.58. The molecular formula is C16H23N3O3S. The first-order valence-electron chi connectivity index (χ1n) is 7.62. The van der Waals surface area contributed by atoms with E-state index in [0.29, 0.717) is 31.9 Å². The molecule has 6 nitrogen and oxygen atoms in total. The maximum absolute atomic E-state index is 12.8. The normalized spacial score (nSPS) is 11.8. The molecule has 1 aromatic carbocycles. The summed E-state index contributed by atoms with van der Waals surface area (Å²) in [5.41, 5.74) is 0.886. The molecule has 0 unspecified atom stereocenters. The topological polar surface area (TPSA) is 64.4 Å². The van der Waals surface area contributed by atoms with Crippen molar-refractivity contribution in [1.82, 2.24) is 14.1 Å². The number of nitrogens with zero attached hydrogens (tertiary/aromatic N) is 3. The summed E-state index contributed by atoms with van der Waals surface area (Å²) >= 11 is 0. The molecule has 2 aromatic rings. The van der Waals surface area contributed by atoms with Gasteiger partial charge in [0.15, 0.2) is 0 Å². The fourth-order valence-electron chi connectivity index (χ4n) is 2.27. The zero-order chi connectivity index (χ0) is 16.9. The zero-order valence-electron chi connectivity index (χ0n) is 13.8. The maximum Gasteiger partial charge on any atom is 0.246 e. The van der Waals surface area contributed by atoms with Gasteiger partial charge in [0.2, 0.25) is 10.0 Å². The number of aryl methyl sites for hydroxylation is 2. The standard InChI is InChI=1S/C16H23N3O3S/c1-4-22-15-8-7-14(2)13-16(15)23(20,21)18(3)10-6-12-19-11-5-9-17-19/h5,7-9,11,13H,4,6,10,12H2,1-3H3. The van der Waals surface area contributed by atoms with Crippen LogP contribution in [0.1, 0.15) is 18.9 Å². The van der Waals surface area contributed by atoms with Crippen molar-refractivity contribution in [2.24, 2.45) is 0 Å². The highest BCUT2D eigenvalue weighted by Crippen LogP contribution is 2.27. The molecule has 0 spiro atoms. The van der Waals surface area contributed by atoms with Crippen molar-refractivity contribution in [2.75, 3.05) is 20.2 Å². The van der Waals surface area contributed by atoms with Crippen LogP contribution in [0.25, 0.3) is 0 Å². The van der Waals surface area contributed by atoms with Gasteiger partial charge in [-0.05, 0) is 44.0 Å². The van der Waals surface area contributed by atoms with Gasteiger partial charge >= 0.3 is 0 Å². The molecule has 7 heteroatoms. The summed E-state index contributed by atoms with van der Waals surface area (Å²) in [5, 5.41) is 4.11. The Morgan fingerprint density at radius 3 is 2.78 bits per heavy atom. The van der Waals surface area contributed by atoms with Gasteiger partial charge in [-0.3, -0.25) is 4.68 Å². The largest absolute Gasteiger partial charge is 0.492 e. The monoisotopic (exact) mass is 337 g/mol. The molecule has 23 heavy (non-hydrogen) atoms. The summed E-state index contributed by atoms with van der Waals surface area (Å²) in [5.74, 6) is 0.400. The number of aromatic nitrogens is 2. The van der Waals surface area contributed by atoms with E-state index in [0.717, 1.165) is 5.56 Å².